The molecule has 154 valence electrons. The maximum Gasteiger partial charge on any atom is 0.314 e. The van der Waals surface area contributed by atoms with Crippen LogP contribution in [0, 0.1) is 0 Å². The zero-order valence-electron chi connectivity index (χ0n) is 15.9. The lowest BCUT2D eigenvalue weighted by Crippen LogP contribution is -2.23. The summed E-state index contributed by atoms with van der Waals surface area (Å²) in [5, 5.41) is 7.62. The Hall–Kier alpha value is -3.58. The fourth-order valence-corrected chi connectivity index (χ4v) is 3.87. The van der Waals surface area contributed by atoms with Crippen molar-refractivity contribution in [3.8, 4) is 22.6 Å². The van der Waals surface area contributed by atoms with Gasteiger partial charge in [-0.25, -0.2) is 0 Å². The van der Waals surface area contributed by atoms with E-state index in [1.54, 1.807) is 29.2 Å². The summed E-state index contributed by atoms with van der Waals surface area (Å²) in [7, 11) is 0. The largest absolute Gasteiger partial charge is 0.415 e. The van der Waals surface area contributed by atoms with E-state index in [-0.39, 0.29) is 11.8 Å². The molecule has 0 radical (unpaired) electrons. The maximum absolute atomic E-state index is 13.3. The molecule has 0 aliphatic carbocycles. The number of hydrogen-bond donors (Lipinski definition) is 0. The van der Waals surface area contributed by atoms with E-state index in [1.807, 2.05) is 42.5 Å². The number of aromatic nitrogens is 2. The minimum atomic E-state index is -2.85. The quantitative estimate of drug-likeness (QED) is 0.384. The highest BCUT2D eigenvalue weighted by molar-refractivity contribution is 6.30. The smallest absolute Gasteiger partial charge is 0.314 e. The Morgan fingerprint density at radius 1 is 0.935 bits per heavy atom. The molecule has 0 atom stereocenters. The van der Waals surface area contributed by atoms with Crippen LogP contribution >= 0.6 is 11.6 Å². The monoisotopic (exact) mass is 437 g/mol. The van der Waals surface area contributed by atoms with Crippen LogP contribution in [-0.2, 0) is 6.54 Å². The normalized spacial score (nSPS) is 13.2. The summed E-state index contributed by atoms with van der Waals surface area (Å²) < 4.78 is 30.5. The first-order chi connectivity index (χ1) is 15.0. The summed E-state index contributed by atoms with van der Waals surface area (Å²) in [6.45, 7) is 0.387. The Balaban J connectivity index is 1.51. The standard InChI is InChI=1S/C23H14ClF2N3O2/c24-16-5-3-4-13(10-16)17-6-1-2-7-19(17)29-12-15-9-8-14(11-18(15)23(29)30)21-27-28-22(31-21)20(25)26/h1-11,20H,12H2. The Bertz CT molecular complexity index is 1310. The molecule has 3 aromatic carbocycles. The molecule has 1 aliphatic rings. The van der Waals surface area contributed by atoms with Crippen LogP contribution in [0.2, 0.25) is 5.02 Å². The third-order valence-electron chi connectivity index (χ3n) is 5.12. The van der Waals surface area contributed by atoms with Crippen LogP contribution in [0.25, 0.3) is 22.6 Å². The summed E-state index contributed by atoms with van der Waals surface area (Å²) in [5.41, 5.74) is 4.24. The van der Waals surface area contributed by atoms with Gasteiger partial charge in [0.25, 0.3) is 11.8 Å². The molecule has 1 aliphatic heterocycles. The van der Waals surface area contributed by atoms with Crippen molar-refractivity contribution >= 4 is 23.2 Å². The zero-order chi connectivity index (χ0) is 21.5. The van der Waals surface area contributed by atoms with Crippen LogP contribution in [0.3, 0.4) is 0 Å². The third-order valence-corrected chi connectivity index (χ3v) is 5.35. The number of rotatable bonds is 4. The van der Waals surface area contributed by atoms with Gasteiger partial charge in [0.15, 0.2) is 0 Å². The summed E-state index contributed by atoms with van der Waals surface area (Å²) in [4.78, 5) is 14.9. The van der Waals surface area contributed by atoms with Gasteiger partial charge < -0.3 is 9.32 Å². The van der Waals surface area contributed by atoms with Crippen LogP contribution in [0.4, 0.5) is 14.5 Å². The topological polar surface area (TPSA) is 59.2 Å². The van der Waals surface area contributed by atoms with E-state index in [1.165, 1.54) is 0 Å². The van der Waals surface area contributed by atoms with Crippen molar-refractivity contribution in [2.45, 2.75) is 13.0 Å². The van der Waals surface area contributed by atoms with Crippen molar-refractivity contribution in [3.63, 3.8) is 0 Å². The minimum Gasteiger partial charge on any atom is -0.415 e. The predicted octanol–water partition coefficient (Wildman–Crippen LogP) is 6.16. The number of carbonyl (C=O) groups excluding carboxylic acids is 1. The van der Waals surface area contributed by atoms with E-state index >= 15 is 0 Å². The molecule has 5 rings (SSSR count). The van der Waals surface area contributed by atoms with Crippen molar-refractivity contribution < 1.29 is 18.0 Å². The number of alkyl halides is 2. The molecule has 0 unspecified atom stereocenters. The second-order valence-corrected chi connectivity index (χ2v) is 7.47. The maximum atomic E-state index is 13.3. The lowest BCUT2D eigenvalue weighted by Gasteiger charge is -2.20. The zero-order valence-corrected chi connectivity index (χ0v) is 16.7. The van der Waals surface area contributed by atoms with E-state index in [4.69, 9.17) is 16.0 Å². The van der Waals surface area contributed by atoms with Crippen LogP contribution in [-0.4, -0.2) is 16.1 Å². The predicted molar refractivity (Wildman–Crippen MR) is 112 cm³/mol. The molecule has 8 heteroatoms. The van der Waals surface area contributed by atoms with E-state index in [0.717, 1.165) is 22.4 Å². The second kappa shape index (κ2) is 7.59. The number of benzene rings is 3. The van der Waals surface area contributed by atoms with Gasteiger partial charge in [0.2, 0.25) is 5.89 Å². The number of carbonyl (C=O) groups is 1. The molecule has 4 aromatic rings. The van der Waals surface area contributed by atoms with Crippen molar-refractivity contribution in [1.82, 2.24) is 10.2 Å². The Morgan fingerprint density at radius 3 is 2.55 bits per heavy atom. The molecule has 0 saturated carbocycles. The number of halogens is 3. The van der Waals surface area contributed by atoms with Crippen molar-refractivity contribution in [1.29, 1.82) is 0 Å². The highest BCUT2D eigenvalue weighted by Gasteiger charge is 2.31. The van der Waals surface area contributed by atoms with E-state index < -0.39 is 12.3 Å². The average Bonchev–Trinajstić information content (AvgIpc) is 3.39. The number of nitrogens with zero attached hydrogens (tertiary/aromatic N) is 3. The Kier molecular flexibility index (Phi) is 4.75. The van der Waals surface area contributed by atoms with Gasteiger partial charge in [0.1, 0.15) is 0 Å². The molecule has 0 saturated heterocycles. The van der Waals surface area contributed by atoms with Gasteiger partial charge in [-0.3, -0.25) is 4.79 Å². The Morgan fingerprint density at radius 2 is 1.77 bits per heavy atom. The molecule has 0 spiro atoms. The highest BCUT2D eigenvalue weighted by atomic mass is 35.5. The van der Waals surface area contributed by atoms with Gasteiger partial charge in [0.05, 0.1) is 12.2 Å². The average molecular weight is 438 g/mol. The molecule has 0 fully saturated rings. The third kappa shape index (κ3) is 3.47. The second-order valence-electron chi connectivity index (χ2n) is 7.04. The first-order valence-electron chi connectivity index (χ1n) is 9.43. The number of amides is 1. The molecule has 1 amide bonds. The summed E-state index contributed by atoms with van der Waals surface area (Å²) in [6.07, 6.45) is -2.85. The lowest BCUT2D eigenvalue weighted by atomic mass is 10.0. The molecule has 0 bridgehead atoms. The van der Waals surface area contributed by atoms with Gasteiger partial charge >= 0.3 is 6.43 Å². The molecular formula is C23H14ClF2N3O2. The molecule has 5 nitrogen and oxygen atoms in total. The molecular weight excluding hydrogens is 424 g/mol. The molecule has 31 heavy (non-hydrogen) atoms. The van der Waals surface area contributed by atoms with Crippen LogP contribution in [0.1, 0.15) is 28.2 Å². The van der Waals surface area contributed by atoms with Gasteiger partial charge in [0, 0.05) is 21.7 Å². The minimum absolute atomic E-state index is 0.0522. The number of anilines is 1. The van der Waals surface area contributed by atoms with Crippen molar-refractivity contribution in [3.05, 3.63) is 88.8 Å². The van der Waals surface area contributed by atoms with Crippen LogP contribution in [0.15, 0.2) is 71.1 Å². The van der Waals surface area contributed by atoms with Gasteiger partial charge in [-0.15, -0.1) is 10.2 Å². The van der Waals surface area contributed by atoms with E-state index in [0.29, 0.717) is 22.7 Å². The lowest BCUT2D eigenvalue weighted by molar-refractivity contribution is 0.0996. The van der Waals surface area contributed by atoms with Crippen molar-refractivity contribution in [2.24, 2.45) is 0 Å². The fourth-order valence-electron chi connectivity index (χ4n) is 3.68. The summed E-state index contributed by atoms with van der Waals surface area (Å²) in [6, 6.07) is 20.1. The molecule has 2 heterocycles. The first kappa shape index (κ1) is 19.4. The number of fused-ring (bicyclic) bond motifs is 1. The number of hydrogen-bond acceptors (Lipinski definition) is 4. The van der Waals surface area contributed by atoms with E-state index in [9.17, 15) is 13.6 Å². The van der Waals surface area contributed by atoms with Crippen LogP contribution in [0.5, 0.6) is 0 Å². The SMILES string of the molecule is O=C1c2cc(-c3nnc(C(F)F)o3)ccc2CN1c1ccccc1-c1cccc(Cl)c1. The Labute approximate surface area is 180 Å². The van der Waals surface area contributed by atoms with Crippen LogP contribution < -0.4 is 4.90 Å². The summed E-state index contributed by atoms with van der Waals surface area (Å²) >= 11 is 6.16. The van der Waals surface area contributed by atoms with Gasteiger partial charge in [-0.05, 0) is 41.5 Å². The van der Waals surface area contributed by atoms with Gasteiger partial charge in [-0.2, -0.15) is 8.78 Å². The van der Waals surface area contributed by atoms with E-state index in [2.05, 4.69) is 10.2 Å². The summed E-state index contributed by atoms with van der Waals surface area (Å²) in [5.74, 6) is -0.998. The number of para-hydroxylation sites is 1. The van der Waals surface area contributed by atoms with Gasteiger partial charge in [-0.1, -0.05) is 48.0 Å². The first-order valence-corrected chi connectivity index (χ1v) is 9.81. The molecule has 1 aromatic heterocycles. The fraction of sp³-hybridized carbons (Fsp3) is 0.0870. The van der Waals surface area contributed by atoms with Crippen molar-refractivity contribution in [2.75, 3.05) is 4.90 Å². The molecule has 0 N–H and O–H groups in total. The highest BCUT2D eigenvalue weighted by Crippen LogP contribution is 2.37.